The standard InChI is InChI=1S/C98H2.C11H13N5O.C11H12N4O2/c1-3-5-7-9-11-13-15-17-19-21-23-25-27-29-31-33-35-37-39-41-43-45-47-49-51-53-55-57-59-61-63-65-67-69-71-73-75-77-79-81-83-85-87-89-91-93-95-97-98-96-94-92-90-88-86-84-82-80-78-76-74-72-70-68-66-64-62-60-58-56-54-52-50-48-46-44-42-40-38-36-34-32-30-28-26-24-22-20-18-16-14-12-10-8-6-4-2;1-6-4-13-7(2)15-9(6)8-5-14-16(3)10(8)11(12)17;1-6-4-12-7(2)14-9(6)8-5-13-15(3)10(8)11(16)17/h1-2H;4-5H,1-3H3,(H2,12,17);4-5H,1-3H3,(H,16,17). The molecule has 0 saturated carbocycles. The van der Waals surface area contributed by atoms with Gasteiger partial charge in [0.05, 0.1) is 34.9 Å². The van der Waals surface area contributed by atoms with Gasteiger partial charge in [-0.25, -0.2) is 24.7 Å². The van der Waals surface area contributed by atoms with Crippen molar-refractivity contribution in [3.05, 3.63) is 59.0 Å². The number of rotatable bonds is 4. The summed E-state index contributed by atoms with van der Waals surface area (Å²) in [5.41, 5.74) is 10.00. The molecule has 1 amide bonds. The molecule has 4 heterocycles. The van der Waals surface area contributed by atoms with Crippen LogP contribution in [-0.4, -0.2) is 56.5 Å². The lowest BCUT2D eigenvalue weighted by Crippen LogP contribution is -2.17. The highest BCUT2D eigenvalue weighted by Gasteiger charge is 2.20. The van der Waals surface area contributed by atoms with Gasteiger partial charge in [0.25, 0.3) is 5.91 Å². The fourth-order valence-corrected chi connectivity index (χ4v) is 6.32. The molecule has 0 saturated heterocycles. The average Bonchev–Trinajstić information content (AvgIpc) is 1.65. The van der Waals surface area contributed by atoms with Crippen LogP contribution < -0.4 is 5.73 Å². The molecule has 4 aromatic heterocycles. The molecule has 0 atom stereocenters. The highest BCUT2D eigenvalue weighted by molar-refractivity contribution is 5.98. The Kier molecular flexibility index (Phi) is 59.0. The Bertz CT molecular complexity index is 8580. The zero-order chi connectivity index (χ0) is 95.0. The van der Waals surface area contributed by atoms with E-state index < -0.39 is 11.9 Å². The van der Waals surface area contributed by atoms with Gasteiger partial charge in [-0.1, -0.05) is 0 Å². The van der Waals surface area contributed by atoms with Crippen molar-refractivity contribution in [3.8, 4) is 604 Å². The van der Waals surface area contributed by atoms with Crippen molar-refractivity contribution in [3.63, 3.8) is 0 Å². The number of primary amides is 1. The molecular formula is C120H27N9O3. The van der Waals surface area contributed by atoms with Crippen molar-refractivity contribution >= 4 is 11.9 Å². The van der Waals surface area contributed by atoms with E-state index in [1.54, 1.807) is 46.5 Å². The summed E-state index contributed by atoms with van der Waals surface area (Å²) in [5, 5.41) is 17.2. The highest BCUT2D eigenvalue weighted by atomic mass is 16.4. The number of nitrogens with two attached hydrogens (primary N) is 1. The minimum Gasteiger partial charge on any atom is -0.477 e. The Balaban J connectivity index is 0.00000140. The topological polar surface area (TPSA) is 168 Å². The van der Waals surface area contributed by atoms with Gasteiger partial charge < -0.3 is 10.8 Å². The second kappa shape index (κ2) is 76.3. The van der Waals surface area contributed by atoms with Crippen LogP contribution in [0.15, 0.2) is 24.8 Å². The van der Waals surface area contributed by atoms with Crippen LogP contribution in [0.3, 0.4) is 0 Å². The lowest BCUT2D eigenvalue weighted by molar-refractivity contribution is 0.0685. The molecule has 0 spiro atoms. The summed E-state index contributed by atoms with van der Waals surface area (Å²) in [5.74, 6) is 238. The van der Waals surface area contributed by atoms with Gasteiger partial charge in [-0.2, -0.15) is 10.2 Å². The lowest BCUT2D eigenvalue weighted by atomic mass is 10.1. The maximum atomic E-state index is 11.4. The average molecular weight is 1640 g/mol. The number of carbonyl (C=O) groups excluding carboxylic acids is 1. The summed E-state index contributed by atoms with van der Waals surface area (Å²) in [4.78, 5) is 39.3. The molecule has 570 valence electrons. The van der Waals surface area contributed by atoms with Crippen LogP contribution in [-0.2, 0) is 14.1 Å². The van der Waals surface area contributed by atoms with E-state index in [4.69, 9.17) is 23.7 Å². The Morgan fingerprint density at radius 1 is 0.235 bits per heavy atom. The SMILES string of the molecule is C#CC#CC#CC#CC#CC#CC#CC#CC#CC#CC#CC#CC#CC#CC#CC#CC#CC#CC#CC#CC#CC#CC#CC#CC#CC#CC#CC#CC#CC#CC#CC#CC#CC#CC#CC#CC#CC#CC#CC#CC#CC#CC#CC#CC#CC#CC#CC#CC#C.Cc1ncc(C)c(-c2cnn(C)c2C(=O)O)n1.Cc1ncc(C)c(-c2cnn(C)c2C(N)=O)n1. The third-order valence-electron chi connectivity index (χ3n) is 11.0. The smallest absolute Gasteiger partial charge is 0.354 e. The van der Waals surface area contributed by atoms with Crippen molar-refractivity contribution in [2.24, 2.45) is 19.8 Å². The van der Waals surface area contributed by atoms with Crippen molar-refractivity contribution in [2.45, 2.75) is 27.7 Å². The molecule has 4 rings (SSSR count). The second-order valence-corrected chi connectivity index (χ2v) is 19.7. The minimum absolute atomic E-state index is 0.131. The molecule has 0 aliphatic heterocycles. The van der Waals surface area contributed by atoms with Crippen molar-refractivity contribution in [1.29, 1.82) is 0 Å². The molecule has 0 radical (unpaired) electrons. The first-order valence-corrected chi connectivity index (χ1v) is 34.5. The molecule has 0 aliphatic carbocycles. The Labute approximate surface area is 771 Å². The molecule has 0 aromatic carbocycles. The van der Waals surface area contributed by atoms with Gasteiger partial charge in [0, 0.05) is 500 Å². The number of aromatic carboxylic acids is 1. The molecule has 3 N–H and O–H groups in total. The molecule has 0 aliphatic rings. The zero-order valence-corrected chi connectivity index (χ0v) is 68.9. The summed E-state index contributed by atoms with van der Waals surface area (Å²) in [6.07, 6.45) is 16.4. The van der Waals surface area contributed by atoms with Crippen molar-refractivity contribution in [2.75, 3.05) is 0 Å². The summed E-state index contributed by atoms with van der Waals surface area (Å²) in [7, 11) is 3.27. The van der Waals surface area contributed by atoms with Crippen LogP contribution in [0.4, 0.5) is 0 Å². The highest BCUT2D eigenvalue weighted by Crippen LogP contribution is 2.25. The fourth-order valence-electron chi connectivity index (χ4n) is 6.32. The maximum absolute atomic E-state index is 11.4. The zero-order valence-electron chi connectivity index (χ0n) is 68.9. The van der Waals surface area contributed by atoms with E-state index in [2.05, 4.69) is 598 Å². The number of nitrogens with zero attached hydrogens (tertiary/aromatic N) is 8. The molecule has 12 heteroatoms. The first-order valence-electron chi connectivity index (χ1n) is 34.5. The second-order valence-electron chi connectivity index (χ2n) is 19.7. The number of aryl methyl sites for hydroxylation is 6. The van der Waals surface area contributed by atoms with Gasteiger partial charge >= 0.3 is 5.97 Å². The Hall–Kier alpha value is -26.0. The van der Waals surface area contributed by atoms with Gasteiger partial charge in [-0.05, 0) is 134 Å². The predicted octanol–water partition coefficient (Wildman–Crippen LogP) is 2.20. The molecule has 4 aromatic rings. The quantitative estimate of drug-likeness (QED) is 0.292. The van der Waals surface area contributed by atoms with E-state index in [1.165, 1.54) is 15.6 Å². The first kappa shape index (κ1) is 102. The third-order valence-corrected chi connectivity index (χ3v) is 11.0. The van der Waals surface area contributed by atoms with Crippen LogP contribution in [0.1, 0.15) is 43.8 Å². The van der Waals surface area contributed by atoms with Crippen molar-refractivity contribution < 1.29 is 14.7 Å². The minimum atomic E-state index is -1.02. The molecule has 12 nitrogen and oxygen atoms in total. The van der Waals surface area contributed by atoms with E-state index in [1.807, 2.05) is 13.8 Å². The van der Waals surface area contributed by atoms with E-state index in [9.17, 15) is 9.59 Å². The maximum Gasteiger partial charge on any atom is 0.354 e. The molecule has 0 bridgehead atoms. The van der Waals surface area contributed by atoms with Gasteiger partial charge in [0.15, 0.2) is 5.69 Å². The number of carboxylic acids is 1. The van der Waals surface area contributed by atoms with Gasteiger partial charge in [-0.3, -0.25) is 14.2 Å². The molecular weight excluding hydrogens is 1620 g/mol. The van der Waals surface area contributed by atoms with Gasteiger partial charge in [0.1, 0.15) is 17.3 Å². The van der Waals surface area contributed by atoms with Crippen LogP contribution in [0.2, 0.25) is 0 Å². The summed E-state index contributed by atoms with van der Waals surface area (Å²) in [6.45, 7) is 7.28. The van der Waals surface area contributed by atoms with E-state index >= 15 is 0 Å². The number of hydrogen-bond donors (Lipinski definition) is 2. The largest absolute Gasteiger partial charge is 0.477 e. The number of terminal acetylenes is 2. The van der Waals surface area contributed by atoms with E-state index in [0.29, 0.717) is 39.9 Å². The van der Waals surface area contributed by atoms with Crippen molar-refractivity contribution in [1.82, 2.24) is 39.5 Å². The molecule has 0 fully saturated rings. The number of aromatic nitrogens is 8. The van der Waals surface area contributed by atoms with Crippen LogP contribution in [0.25, 0.3) is 22.5 Å². The predicted molar refractivity (Wildman–Crippen MR) is 506 cm³/mol. The summed E-state index contributed by atoms with van der Waals surface area (Å²) in [6, 6.07) is 0. The normalized spacial score (nSPS) is 5.64. The lowest BCUT2D eigenvalue weighted by Gasteiger charge is -2.05. The van der Waals surface area contributed by atoms with Crippen LogP contribution in [0, 0.1) is 609 Å². The third kappa shape index (κ3) is 58.8. The number of hydrogen-bond acceptors (Lipinski definition) is 8. The monoisotopic (exact) mass is 1640 g/mol. The Morgan fingerprint density at radius 3 is 0.492 bits per heavy atom. The van der Waals surface area contributed by atoms with Gasteiger partial charge in [0.2, 0.25) is 0 Å². The summed E-state index contributed by atoms with van der Waals surface area (Å²) >= 11 is 0. The van der Waals surface area contributed by atoms with E-state index in [0.717, 1.165) is 11.1 Å². The fraction of sp³-hybridized carbons (Fsp3) is 0.0500. The first-order chi connectivity index (χ1) is 64.9. The van der Waals surface area contributed by atoms with Gasteiger partial charge in [-0.15, -0.1) is 12.8 Å². The summed E-state index contributed by atoms with van der Waals surface area (Å²) < 4.78 is 2.78. The number of amides is 1. The number of carbonyl (C=O) groups is 2. The van der Waals surface area contributed by atoms with E-state index in [-0.39, 0.29) is 5.69 Å². The molecule has 132 heavy (non-hydrogen) atoms. The van der Waals surface area contributed by atoms with Crippen LogP contribution in [0.5, 0.6) is 0 Å². The molecule has 0 unspecified atom stereocenters. The van der Waals surface area contributed by atoms with Crippen LogP contribution >= 0.6 is 0 Å². The Morgan fingerprint density at radius 2 is 0.364 bits per heavy atom. The number of carboxylic acid groups (broad SMARTS) is 1.